The fraction of sp³-hybridized carbons (Fsp3) is 0.250. The van der Waals surface area contributed by atoms with Crippen LogP contribution in [0.15, 0.2) is 108 Å². The number of carbonyl (C=O) groups excluding carboxylic acids is 2. The predicted molar refractivity (Wildman–Crippen MR) is 195 cm³/mol. The number of rotatable bonds is 13. The number of phenols is 1. The SMILES string of the molecule is O=C(NC1CCCN(C(=O)COc2cccc(C(O)(C(=O)O)c3ccccc3)c2)C1)c1ccc(CNCC(O)c2ccc(O)c3[nH]c(=O)ccc23)cc1. The van der Waals surface area contributed by atoms with Crippen LogP contribution in [0.2, 0.25) is 0 Å². The number of phenolic OH excluding ortho intramolecular Hbond substituents is 1. The van der Waals surface area contributed by atoms with Gasteiger partial charge in [-0.05, 0) is 65.9 Å². The third-order valence-electron chi connectivity index (χ3n) is 9.37. The Kier molecular flexibility index (Phi) is 11.2. The first kappa shape index (κ1) is 36.8. The first-order valence-corrected chi connectivity index (χ1v) is 17.2. The van der Waals surface area contributed by atoms with Crippen LogP contribution in [0, 0.1) is 0 Å². The maximum absolute atomic E-state index is 13.1. The number of fused-ring (bicyclic) bond motifs is 1. The van der Waals surface area contributed by atoms with Crippen molar-refractivity contribution in [1.29, 1.82) is 0 Å². The van der Waals surface area contributed by atoms with Crippen LogP contribution in [0.25, 0.3) is 10.9 Å². The summed E-state index contributed by atoms with van der Waals surface area (Å²) in [6.45, 7) is 1.13. The number of aliphatic hydroxyl groups excluding tert-OH is 1. The Morgan fingerprint density at radius 1 is 0.943 bits per heavy atom. The number of aromatic amines is 1. The summed E-state index contributed by atoms with van der Waals surface area (Å²) >= 11 is 0. The number of pyridine rings is 1. The second kappa shape index (κ2) is 16.1. The van der Waals surface area contributed by atoms with Gasteiger partial charge in [-0.1, -0.05) is 60.7 Å². The van der Waals surface area contributed by atoms with Crippen LogP contribution in [0.4, 0.5) is 0 Å². The van der Waals surface area contributed by atoms with Gasteiger partial charge >= 0.3 is 5.97 Å². The number of carboxylic acids is 1. The van der Waals surface area contributed by atoms with E-state index in [0.717, 1.165) is 5.56 Å². The van der Waals surface area contributed by atoms with Gasteiger partial charge in [0, 0.05) is 54.8 Å². The molecule has 1 saturated heterocycles. The topological polar surface area (TPSA) is 202 Å². The molecule has 6 rings (SSSR count). The van der Waals surface area contributed by atoms with E-state index in [1.165, 1.54) is 36.4 Å². The Morgan fingerprint density at radius 3 is 2.45 bits per heavy atom. The van der Waals surface area contributed by atoms with Gasteiger partial charge < -0.3 is 45.7 Å². The molecule has 0 aliphatic carbocycles. The molecular weight excluding hydrogens is 680 g/mol. The number of aromatic hydroxyl groups is 1. The summed E-state index contributed by atoms with van der Waals surface area (Å²) in [5.74, 6) is -1.85. The quantitative estimate of drug-likeness (QED) is 0.0948. The minimum Gasteiger partial charge on any atom is -0.506 e. The molecule has 7 N–H and O–H groups in total. The molecule has 13 nitrogen and oxygen atoms in total. The summed E-state index contributed by atoms with van der Waals surface area (Å²) in [7, 11) is 0. The Balaban J connectivity index is 0.981. The van der Waals surface area contributed by atoms with Crippen LogP contribution in [0.5, 0.6) is 11.5 Å². The lowest BCUT2D eigenvalue weighted by Crippen LogP contribution is -2.50. The van der Waals surface area contributed by atoms with Gasteiger partial charge in [0.05, 0.1) is 11.6 Å². The molecule has 3 unspecified atom stereocenters. The number of hydrogen-bond donors (Lipinski definition) is 7. The minimum atomic E-state index is -2.31. The summed E-state index contributed by atoms with van der Waals surface area (Å²) in [5, 5.41) is 48.7. The number of likely N-dealkylation sites (tertiary alicyclic amines) is 1. The minimum absolute atomic E-state index is 0.0792. The van der Waals surface area contributed by atoms with Gasteiger partial charge in [0.2, 0.25) is 11.2 Å². The van der Waals surface area contributed by atoms with Crippen LogP contribution in [0.1, 0.15) is 51.6 Å². The highest BCUT2D eigenvalue weighted by atomic mass is 16.5. The van der Waals surface area contributed by atoms with Crippen LogP contribution < -0.4 is 20.9 Å². The largest absolute Gasteiger partial charge is 0.506 e. The van der Waals surface area contributed by atoms with Crippen LogP contribution in [0.3, 0.4) is 0 Å². The lowest BCUT2D eigenvalue weighted by Gasteiger charge is -2.33. The summed E-state index contributed by atoms with van der Waals surface area (Å²) in [4.78, 5) is 54.3. The van der Waals surface area contributed by atoms with Crippen molar-refractivity contribution in [2.75, 3.05) is 26.2 Å². The van der Waals surface area contributed by atoms with E-state index in [1.54, 1.807) is 59.5 Å². The second-order valence-electron chi connectivity index (χ2n) is 13.0. The van der Waals surface area contributed by atoms with E-state index in [9.17, 15) is 39.6 Å². The average molecular weight is 721 g/mol. The van der Waals surface area contributed by atoms with Crippen molar-refractivity contribution in [3.8, 4) is 11.5 Å². The summed E-state index contributed by atoms with van der Waals surface area (Å²) in [5.41, 5.74) is -0.211. The number of carbonyl (C=O) groups is 3. The van der Waals surface area contributed by atoms with Crippen molar-refractivity contribution in [2.24, 2.45) is 0 Å². The Morgan fingerprint density at radius 2 is 1.70 bits per heavy atom. The number of aliphatic hydroxyl groups is 2. The number of carboxylic acid groups (broad SMARTS) is 1. The number of amides is 2. The van der Waals surface area contributed by atoms with Crippen LogP contribution >= 0.6 is 0 Å². The average Bonchev–Trinajstić information content (AvgIpc) is 3.17. The molecule has 53 heavy (non-hydrogen) atoms. The Bertz CT molecular complexity index is 2160. The zero-order chi connectivity index (χ0) is 37.5. The normalized spacial score (nSPS) is 16.0. The van der Waals surface area contributed by atoms with Crippen molar-refractivity contribution in [2.45, 2.75) is 37.1 Å². The molecule has 0 spiro atoms. The smallest absolute Gasteiger partial charge is 0.345 e. The van der Waals surface area contributed by atoms with E-state index >= 15 is 0 Å². The lowest BCUT2D eigenvalue weighted by molar-refractivity contribution is -0.155. The predicted octanol–water partition coefficient (Wildman–Crippen LogP) is 3.18. The maximum Gasteiger partial charge on any atom is 0.345 e. The summed E-state index contributed by atoms with van der Waals surface area (Å²) in [6, 6.07) is 26.8. The molecule has 1 fully saturated rings. The number of aromatic nitrogens is 1. The Hall–Kier alpha value is -6.02. The lowest BCUT2D eigenvalue weighted by atomic mass is 9.86. The van der Waals surface area contributed by atoms with Crippen LogP contribution in [-0.4, -0.2) is 80.4 Å². The van der Waals surface area contributed by atoms with Crippen LogP contribution in [-0.2, 0) is 21.7 Å². The molecule has 2 heterocycles. The molecule has 13 heteroatoms. The van der Waals surface area contributed by atoms with Gasteiger partial charge in [0.15, 0.2) is 6.61 Å². The van der Waals surface area contributed by atoms with Crippen molar-refractivity contribution in [3.05, 3.63) is 141 Å². The van der Waals surface area contributed by atoms with E-state index in [2.05, 4.69) is 15.6 Å². The first-order valence-electron chi connectivity index (χ1n) is 17.2. The molecule has 4 aromatic carbocycles. The number of H-pyrrole nitrogens is 1. The maximum atomic E-state index is 13.1. The second-order valence-corrected chi connectivity index (χ2v) is 13.0. The highest BCUT2D eigenvalue weighted by molar-refractivity contribution is 5.94. The van der Waals surface area contributed by atoms with E-state index in [4.69, 9.17) is 4.74 Å². The molecule has 3 atom stereocenters. The van der Waals surface area contributed by atoms with Gasteiger partial charge in [-0.15, -0.1) is 0 Å². The number of benzene rings is 4. The van der Waals surface area contributed by atoms with Crippen molar-refractivity contribution < 1.29 is 39.5 Å². The third-order valence-corrected chi connectivity index (χ3v) is 9.37. The number of aliphatic carboxylic acids is 1. The molecule has 0 bridgehead atoms. The van der Waals surface area contributed by atoms with E-state index < -0.39 is 17.7 Å². The number of nitrogens with one attached hydrogen (secondary N) is 3. The zero-order valence-corrected chi connectivity index (χ0v) is 28.7. The number of piperidine rings is 1. The molecular formula is C40H40N4O9. The molecule has 1 aliphatic rings. The summed E-state index contributed by atoms with van der Waals surface area (Å²) in [6.07, 6.45) is 0.477. The molecule has 2 amide bonds. The fourth-order valence-corrected chi connectivity index (χ4v) is 6.52. The number of nitrogens with zero attached hydrogens (tertiary/aromatic N) is 1. The molecule has 274 valence electrons. The number of ether oxygens (including phenoxy) is 1. The Labute approximate surface area is 304 Å². The monoisotopic (exact) mass is 720 g/mol. The third kappa shape index (κ3) is 8.39. The molecule has 1 aromatic heterocycles. The van der Waals surface area contributed by atoms with Gasteiger partial charge in [0.1, 0.15) is 11.5 Å². The molecule has 0 radical (unpaired) electrons. The highest BCUT2D eigenvalue weighted by Gasteiger charge is 2.40. The highest BCUT2D eigenvalue weighted by Crippen LogP contribution is 2.32. The number of hydrogen-bond acceptors (Lipinski definition) is 9. The van der Waals surface area contributed by atoms with Crippen molar-refractivity contribution in [1.82, 2.24) is 20.5 Å². The van der Waals surface area contributed by atoms with Gasteiger partial charge in [-0.2, -0.15) is 0 Å². The van der Waals surface area contributed by atoms with Gasteiger partial charge in [0.25, 0.3) is 11.8 Å². The molecule has 1 aliphatic heterocycles. The summed E-state index contributed by atoms with van der Waals surface area (Å²) < 4.78 is 5.74. The van der Waals surface area contributed by atoms with Crippen molar-refractivity contribution in [3.63, 3.8) is 0 Å². The molecule has 0 saturated carbocycles. The fourth-order valence-electron chi connectivity index (χ4n) is 6.52. The van der Waals surface area contributed by atoms with Gasteiger partial charge in [-0.3, -0.25) is 14.4 Å². The zero-order valence-electron chi connectivity index (χ0n) is 28.7. The van der Waals surface area contributed by atoms with E-state index in [1.807, 2.05) is 12.1 Å². The van der Waals surface area contributed by atoms with E-state index in [0.29, 0.717) is 49.0 Å². The van der Waals surface area contributed by atoms with E-state index in [-0.39, 0.29) is 64.7 Å². The standard InChI is InChI=1S/C40H40N4O9/c45-33-17-15-31(32-16-18-35(47)43-37(32)33)34(46)22-41-21-25-11-13-26(14-12-25)38(49)42-29-9-5-19-44(23-29)36(48)24-53-30-10-4-8-28(20-30)40(52,39(50)51)27-6-2-1-3-7-27/h1-4,6-8,10-18,20,29,34,41,45-46,52H,5,9,19,21-24H2,(H,42,49)(H,43,47)(H,50,51). The van der Waals surface area contributed by atoms with Gasteiger partial charge in [-0.25, -0.2) is 4.79 Å². The van der Waals surface area contributed by atoms with Crippen molar-refractivity contribution >= 4 is 28.7 Å². The molecule has 5 aromatic rings. The first-order chi connectivity index (χ1) is 25.5.